The van der Waals surface area contributed by atoms with Crippen molar-refractivity contribution >= 4 is 33.5 Å². The maximum atomic E-state index is 11.7. The summed E-state index contributed by atoms with van der Waals surface area (Å²) in [6.07, 6.45) is 2.21. The van der Waals surface area contributed by atoms with Gasteiger partial charge in [0.05, 0.1) is 5.75 Å². The number of rotatable bonds is 6. The highest BCUT2D eigenvalue weighted by molar-refractivity contribution is 7.89. The van der Waals surface area contributed by atoms with Gasteiger partial charge in [-0.1, -0.05) is 0 Å². The minimum absolute atomic E-state index is 0.0393. The van der Waals surface area contributed by atoms with Crippen LogP contribution in [0.3, 0.4) is 0 Å². The van der Waals surface area contributed by atoms with E-state index in [2.05, 4.69) is 20.3 Å². The highest BCUT2D eigenvalue weighted by atomic mass is 35.5. The summed E-state index contributed by atoms with van der Waals surface area (Å²) in [6, 6.07) is 0. The third-order valence-corrected chi connectivity index (χ3v) is 5.19. The zero-order chi connectivity index (χ0) is 15.5. The van der Waals surface area contributed by atoms with E-state index in [4.69, 9.17) is 11.6 Å². The average Bonchev–Trinajstić information content (AvgIpc) is 2.91. The molecule has 0 bridgehead atoms. The summed E-state index contributed by atoms with van der Waals surface area (Å²) in [5.74, 6) is 0.791. The summed E-state index contributed by atoms with van der Waals surface area (Å²) in [7, 11) is -0.247. The second kappa shape index (κ2) is 6.71. The van der Waals surface area contributed by atoms with Crippen LogP contribution in [0.25, 0.3) is 0 Å². The number of halogens is 1. The lowest BCUT2D eigenvalue weighted by Crippen LogP contribution is -2.29. The summed E-state index contributed by atoms with van der Waals surface area (Å²) in [6.45, 7) is 2.00. The smallest absolute Gasteiger partial charge is 0.231 e. The summed E-state index contributed by atoms with van der Waals surface area (Å²) < 4.78 is 24.5. The maximum absolute atomic E-state index is 11.7. The van der Waals surface area contributed by atoms with Gasteiger partial charge in [-0.3, -0.25) is 0 Å². The van der Waals surface area contributed by atoms with E-state index in [1.54, 1.807) is 0 Å². The van der Waals surface area contributed by atoms with Crippen LogP contribution in [0.4, 0.5) is 11.9 Å². The van der Waals surface area contributed by atoms with Gasteiger partial charge in [-0.05, 0) is 24.4 Å². The van der Waals surface area contributed by atoms with Crippen molar-refractivity contribution in [3.8, 4) is 0 Å². The fraction of sp³-hybridized carbons (Fsp3) is 0.727. The first-order chi connectivity index (χ1) is 9.88. The van der Waals surface area contributed by atoms with E-state index in [9.17, 15) is 8.42 Å². The molecule has 0 radical (unpaired) electrons. The average molecular weight is 335 g/mol. The fourth-order valence-corrected chi connectivity index (χ4v) is 2.83. The number of sulfonamides is 1. The lowest BCUT2D eigenvalue weighted by Gasteiger charge is -2.16. The van der Waals surface area contributed by atoms with Crippen molar-refractivity contribution < 1.29 is 8.42 Å². The van der Waals surface area contributed by atoms with Gasteiger partial charge in [-0.2, -0.15) is 15.0 Å². The van der Waals surface area contributed by atoms with Crippen molar-refractivity contribution in [1.29, 1.82) is 0 Å². The number of nitrogens with zero attached hydrogens (tertiary/aromatic N) is 5. The molecule has 0 aromatic carbocycles. The van der Waals surface area contributed by atoms with Crippen LogP contribution in [0.1, 0.15) is 12.8 Å². The Labute approximate surface area is 129 Å². The number of aromatic nitrogens is 3. The van der Waals surface area contributed by atoms with E-state index in [1.165, 1.54) is 18.4 Å². The van der Waals surface area contributed by atoms with Crippen LogP contribution < -0.4 is 10.2 Å². The first-order valence-corrected chi connectivity index (χ1v) is 8.68. The van der Waals surface area contributed by atoms with Gasteiger partial charge in [0.15, 0.2) is 0 Å². The summed E-state index contributed by atoms with van der Waals surface area (Å²) in [5, 5.41) is 2.98. The molecule has 8 nitrogen and oxygen atoms in total. The van der Waals surface area contributed by atoms with Gasteiger partial charge in [0, 0.05) is 33.7 Å². The summed E-state index contributed by atoms with van der Waals surface area (Å²) in [4.78, 5) is 14.4. The number of hydrogen-bond donors (Lipinski definition) is 1. The minimum atomic E-state index is -3.25. The van der Waals surface area contributed by atoms with E-state index >= 15 is 0 Å². The minimum Gasteiger partial charge on any atom is -0.353 e. The highest BCUT2D eigenvalue weighted by Gasteiger charge is 2.17. The molecule has 1 N–H and O–H groups in total. The number of nitrogens with one attached hydrogen (secondary N) is 1. The second-order valence-corrected chi connectivity index (χ2v) is 7.59. The molecule has 0 amide bonds. The molecular formula is C11H19ClN6O2S. The molecule has 1 aromatic rings. The molecule has 1 fully saturated rings. The van der Waals surface area contributed by atoms with Crippen LogP contribution in [0, 0.1) is 0 Å². The Bertz CT molecular complexity index is 588. The molecule has 0 atom stereocenters. The predicted octanol–water partition coefficient (Wildman–Crippen LogP) is 0.428. The molecule has 10 heteroatoms. The van der Waals surface area contributed by atoms with Crippen LogP contribution >= 0.6 is 11.6 Å². The van der Waals surface area contributed by atoms with E-state index in [0.29, 0.717) is 11.9 Å². The Kier molecular flexibility index (Phi) is 5.17. The van der Waals surface area contributed by atoms with Crippen molar-refractivity contribution in [3.05, 3.63) is 5.28 Å². The van der Waals surface area contributed by atoms with Crippen molar-refractivity contribution in [1.82, 2.24) is 19.3 Å². The van der Waals surface area contributed by atoms with Gasteiger partial charge in [-0.15, -0.1) is 0 Å². The van der Waals surface area contributed by atoms with Crippen molar-refractivity contribution in [2.45, 2.75) is 12.8 Å². The molecule has 118 valence electrons. The van der Waals surface area contributed by atoms with Crippen molar-refractivity contribution in [3.63, 3.8) is 0 Å². The van der Waals surface area contributed by atoms with Crippen molar-refractivity contribution in [2.75, 3.05) is 49.7 Å². The highest BCUT2D eigenvalue weighted by Crippen LogP contribution is 2.18. The first kappa shape index (κ1) is 16.2. The summed E-state index contributed by atoms with van der Waals surface area (Å²) >= 11 is 5.89. The monoisotopic (exact) mass is 334 g/mol. The molecule has 0 unspecified atom stereocenters. The molecule has 0 spiro atoms. The Morgan fingerprint density at radius 2 is 1.90 bits per heavy atom. The zero-order valence-electron chi connectivity index (χ0n) is 12.1. The SMILES string of the molecule is CN(C)S(=O)(=O)CCNc1nc(Cl)nc(N2CCCC2)n1. The molecule has 1 aromatic heterocycles. The predicted molar refractivity (Wildman–Crippen MR) is 82.2 cm³/mol. The molecule has 1 aliphatic rings. The van der Waals surface area contributed by atoms with Gasteiger partial charge < -0.3 is 10.2 Å². The summed E-state index contributed by atoms with van der Waals surface area (Å²) in [5.41, 5.74) is 0. The first-order valence-electron chi connectivity index (χ1n) is 6.69. The van der Waals surface area contributed by atoms with Crippen LogP contribution in [-0.2, 0) is 10.0 Å². The lowest BCUT2D eigenvalue weighted by atomic mass is 10.4. The second-order valence-electron chi connectivity index (χ2n) is 4.95. The van der Waals surface area contributed by atoms with Gasteiger partial charge in [0.25, 0.3) is 0 Å². The van der Waals surface area contributed by atoms with Crippen LogP contribution in [-0.4, -0.2) is 67.2 Å². The van der Waals surface area contributed by atoms with E-state index < -0.39 is 10.0 Å². The van der Waals surface area contributed by atoms with E-state index in [-0.39, 0.29) is 17.6 Å². The van der Waals surface area contributed by atoms with Gasteiger partial charge in [-0.25, -0.2) is 12.7 Å². The molecule has 21 heavy (non-hydrogen) atoms. The molecule has 1 aliphatic heterocycles. The Morgan fingerprint density at radius 3 is 2.52 bits per heavy atom. The zero-order valence-corrected chi connectivity index (χ0v) is 13.7. The molecular weight excluding hydrogens is 316 g/mol. The number of anilines is 2. The molecule has 0 aliphatic carbocycles. The van der Waals surface area contributed by atoms with E-state index in [1.807, 2.05) is 4.90 Å². The van der Waals surface area contributed by atoms with Crippen LogP contribution in [0.5, 0.6) is 0 Å². The Morgan fingerprint density at radius 1 is 1.24 bits per heavy atom. The molecule has 0 saturated carbocycles. The fourth-order valence-electron chi connectivity index (χ4n) is 1.95. The van der Waals surface area contributed by atoms with Crippen molar-refractivity contribution in [2.24, 2.45) is 0 Å². The van der Waals surface area contributed by atoms with Gasteiger partial charge in [0.1, 0.15) is 0 Å². The topological polar surface area (TPSA) is 91.3 Å². The van der Waals surface area contributed by atoms with Crippen LogP contribution in [0.2, 0.25) is 5.28 Å². The maximum Gasteiger partial charge on any atom is 0.231 e. The third-order valence-electron chi connectivity index (χ3n) is 3.18. The standard InChI is InChI=1S/C11H19ClN6O2S/c1-17(2)21(19,20)8-5-13-10-14-9(12)15-11(16-10)18-6-3-4-7-18/h3-8H2,1-2H3,(H,13,14,15,16). The largest absolute Gasteiger partial charge is 0.353 e. The molecule has 2 heterocycles. The van der Waals surface area contributed by atoms with E-state index in [0.717, 1.165) is 25.9 Å². The normalized spacial score (nSPS) is 15.7. The lowest BCUT2D eigenvalue weighted by molar-refractivity contribution is 0.521. The number of hydrogen-bond acceptors (Lipinski definition) is 7. The quantitative estimate of drug-likeness (QED) is 0.806. The van der Waals surface area contributed by atoms with Gasteiger partial charge >= 0.3 is 0 Å². The molecule has 1 saturated heterocycles. The third kappa shape index (κ3) is 4.39. The van der Waals surface area contributed by atoms with Crippen LogP contribution in [0.15, 0.2) is 0 Å². The Balaban J connectivity index is 2.00. The Hall–Kier alpha value is -1.19. The molecule has 2 rings (SSSR count). The van der Waals surface area contributed by atoms with Gasteiger partial charge in [0.2, 0.25) is 27.2 Å².